The molecule has 2 aliphatic rings. The molecule has 0 spiro atoms. The van der Waals surface area contributed by atoms with Gasteiger partial charge in [0.15, 0.2) is 11.5 Å². The first kappa shape index (κ1) is 20.5. The zero-order valence-corrected chi connectivity index (χ0v) is 18.4. The largest absolute Gasteiger partial charge is 0.454 e. The van der Waals surface area contributed by atoms with E-state index in [0.717, 1.165) is 36.8 Å². The quantitative estimate of drug-likeness (QED) is 0.662. The average molecular weight is 436 g/mol. The van der Waals surface area contributed by atoms with E-state index >= 15 is 0 Å². The number of aromatic nitrogens is 2. The Bertz CT molecular complexity index is 1240. The highest BCUT2D eigenvalue weighted by Gasteiger charge is 2.27. The molecule has 1 fully saturated rings. The highest BCUT2D eigenvalue weighted by Crippen LogP contribution is 2.32. The molecule has 5 rings (SSSR count). The van der Waals surface area contributed by atoms with Crippen LogP contribution in [0.3, 0.4) is 0 Å². The molecule has 32 heavy (non-hydrogen) atoms. The maximum Gasteiger partial charge on any atom is 0.259 e. The molecule has 2 aliphatic heterocycles. The number of piperazine rings is 1. The molecule has 1 saturated heterocycles. The van der Waals surface area contributed by atoms with Crippen LogP contribution in [0.1, 0.15) is 28.5 Å². The van der Waals surface area contributed by atoms with Gasteiger partial charge in [-0.05, 0) is 44.2 Å². The normalized spacial score (nSPS) is 16.0. The molecule has 0 saturated carbocycles. The van der Waals surface area contributed by atoms with E-state index in [-0.39, 0.29) is 23.7 Å². The summed E-state index contributed by atoms with van der Waals surface area (Å²) < 4.78 is 12.7. The highest BCUT2D eigenvalue weighted by molar-refractivity contribution is 5.97. The van der Waals surface area contributed by atoms with Crippen LogP contribution in [-0.2, 0) is 13.1 Å². The van der Waals surface area contributed by atoms with Gasteiger partial charge < -0.3 is 23.8 Å². The minimum Gasteiger partial charge on any atom is -0.454 e. The van der Waals surface area contributed by atoms with Crippen LogP contribution in [-0.4, -0.2) is 53.3 Å². The summed E-state index contributed by atoms with van der Waals surface area (Å²) in [5.41, 5.74) is 2.65. The number of carbonyl (C=O) groups excluding carboxylic acids is 1. The Morgan fingerprint density at radius 1 is 1.12 bits per heavy atom. The van der Waals surface area contributed by atoms with Crippen molar-refractivity contribution < 1.29 is 19.2 Å². The van der Waals surface area contributed by atoms with E-state index in [9.17, 15) is 9.59 Å². The molecule has 1 N–H and O–H groups in total. The van der Waals surface area contributed by atoms with Crippen LogP contribution < -0.4 is 19.8 Å². The Morgan fingerprint density at radius 3 is 2.69 bits per heavy atom. The van der Waals surface area contributed by atoms with Crippen molar-refractivity contribution in [1.29, 1.82) is 0 Å². The minimum atomic E-state index is -0.239. The summed E-state index contributed by atoms with van der Waals surface area (Å²) in [6.07, 6.45) is 1.67. The van der Waals surface area contributed by atoms with E-state index in [1.807, 2.05) is 36.6 Å². The molecule has 0 unspecified atom stereocenters. The van der Waals surface area contributed by atoms with Crippen LogP contribution in [0, 0.1) is 6.92 Å². The van der Waals surface area contributed by atoms with E-state index in [2.05, 4.69) is 11.1 Å². The monoisotopic (exact) mass is 435 g/mol. The molecule has 2 aromatic heterocycles. The van der Waals surface area contributed by atoms with E-state index < -0.39 is 0 Å². The fourth-order valence-electron chi connectivity index (χ4n) is 4.47. The second-order valence-corrected chi connectivity index (χ2v) is 8.39. The molecule has 0 aliphatic carbocycles. The summed E-state index contributed by atoms with van der Waals surface area (Å²) in [6, 6.07) is 9.64. The Balaban J connectivity index is 1.30. The number of quaternary nitrogens is 1. The number of hydrogen-bond donors (Lipinski definition) is 1. The lowest BCUT2D eigenvalue weighted by atomic mass is 10.1. The summed E-state index contributed by atoms with van der Waals surface area (Å²) in [7, 11) is 0. The van der Waals surface area contributed by atoms with Crippen molar-refractivity contribution >= 4 is 16.9 Å². The van der Waals surface area contributed by atoms with Gasteiger partial charge in [-0.3, -0.25) is 9.59 Å². The second-order valence-electron chi connectivity index (χ2n) is 8.39. The number of nitrogens with one attached hydrogen (secondary N) is 1. The van der Waals surface area contributed by atoms with Crippen molar-refractivity contribution in [2.45, 2.75) is 26.9 Å². The van der Waals surface area contributed by atoms with E-state index in [4.69, 9.17) is 9.47 Å². The first-order valence-corrected chi connectivity index (χ1v) is 11.1. The van der Waals surface area contributed by atoms with E-state index in [1.54, 1.807) is 17.2 Å². The standard InChI is InChI=1S/C24H26N4O4/c1-3-27-14-19(22(29)18-6-4-16(2)25-23(18)27)24(30)28-10-8-26(9-11-28)13-17-5-7-20-21(12-17)32-15-31-20/h4-7,12,14H,3,8-11,13,15H2,1-2H3/p+1. The van der Waals surface area contributed by atoms with Crippen molar-refractivity contribution in [2.75, 3.05) is 33.0 Å². The van der Waals surface area contributed by atoms with Gasteiger partial charge in [0.25, 0.3) is 5.91 Å². The summed E-state index contributed by atoms with van der Waals surface area (Å²) in [5, 5.41) is 0.496. The number of carbonyl (C=O) groups is 1. The smallest absolute Gasteiger partial charge is 0.259 e. The van der Waals surface area contributed by atoms with Crippen molar-refractivity contribution in [1.82, 2.24) is 14.5 Å². The molecule has 0 radical (unpaired) electrons. The zero-order chi connectivity index (χ0) is 22.2. The maximum absolute atomic E-state index is 13.2. The van der Waals surface area contributed by atoms with Gasteiger partial charge in [-0.2, -0.15) is 0 Å². The number of benzene rings is 1. The molecule has 8 heteroatoms. The first-order chi connectivity index (χ1) is 15.5. The number of aryl methyl sites for hydroxylation is 2. The predicted octanol–water partition coefficient (Wildman–Crippen LogP) is 0.994. The summed E-state index contributed by atoms with van der Waals surface area (Å²) in [4.78, 5) is 34.0. The molecule has 8 nitrogen and oxygen atoms in total. The fourth-order valence-corrected chi connectivity index (χ4v) is 4.47. The Morgan fingerprint density at radius 2 is 1.91 bits per heavy atom. The lowest BCUT2D eigenvalue weighted by Gasteiger charge is -2.32. The molecule has 0 atom stereocenters. The third-order valence-corrected chi connectivity index (χ3v) is 6.28. The third-order valence-electron chi connectivity index (χ3n) is 6.28. The van der Waals surface area contributed by atoms with E-state index in [0.29, 0.717) is 30.7 Å². The summed E-state index contributed by atoms with van der Waals surface area (Å²) >= 11 is 0. The average Bonchev–Trinajstić information content (AvgIpc) is 3.27. The first-order valence-electron chi connectivity index (χ1n) is 11.1. The summed E-state index contributed by atoms with van der Waals surface area (Å²) in [5.74, 6) is 1.39. The molecular formula is C24H27N4O4+. The lowest BCUT2D eigenvalue weighted by molar-refractivity contribution is -0.917. The van der Waals surface area contributed by atoms with Gasteiger partial charge in [-0.15, -0.1) is 0 Å². The summed E-state index contributed by atoms with van der Waals surface area (Å²) in [6.45, 7) is 8.56. The van der Waals surface area contributed by atoms with Gasteiger partial charge in [0.05, 0.1) is 31.6 Å². The SMILES string of the molecule is CCn1cc(C(=O)N2CC[NH+](Cc3ccc4c(c3)OCO4)CC2)c(=O)c2ccc(C)nc21. The molecule has 0 bridgehead atoms. The Labute approximate surface area is 186 Å². The molecule has 1 aromatic carbocycles. The van der Waals surface area contributed by atoms with Crippen LogP contribution in [0.5, 0.6) is 11.5 Å². The van der Waals surface area contributed by atoms with Crippen LogP contribution in [0.2, 0.25) is 0 Å². The van der Waals surface area contributed by atoms with Crippen LogP contribution in [0.4, 0.5) is 0 Å². The van der Waals surface area contributed by atoms with E-state index in [1.165, 1.54) is 10.5 Å². The van der Waals surface area contributed by atoms with Gasteiger partial charge in [0, 0.05) is 24.0 Å². The predicted molar refractivity (Wildman–Crippen MR) is 119 cm³/mol. The maximum atomic E-state index is 13.2. The van der Waals surface area contributed by atoms with Crippen molar-refractivity contribution in [3.05, 3.63) is 63.6 Å². The highest BCUT2D eigenvalue weighted by atomic mass is 16.7. The van der Waals surface area contributed by atoms with Crippen molar-refractivity contribution in [3.8, 4) is 11.5 Å². The van der Waals surface area contributed by atoms with Crippen molar-refractivity contribution in [2.24, 2.45) is 0 Å². The van der Waals surface area contributed by atoms with Gasteiger partial charge in [-0.25, -0.2) is 4.98 Å². The second kappa shape index (κ2) is 8.27. The number of pyridine rings is 2. The number of ether oxygens (including phenoxy) is 2. The van der Waals surface area contributed by atoms with Crippen LogP contribution in [0.15, 0.2) is 41.3 Å². The molecular weight excluding hydrogens is 408 g/mol. The molecule has 4 heterocycles. The van der Waals surface area contributed by atoms with Crippen molar-refractivity contribution in [3.63, 3.8) is 0 Å². The molecule has 166 valence electrons. The van der Waals surface area contributed by atoms with Crippen LogP contribution >= 0.6 is 0 Å². The fraction of sp³-hybridized carbons (Fsp3) is 0.375. The van der Waals surface area contributed by atoms with Gasteiger partial charge in [0.1, 0.15) is 17.8 Å². The number of fused-ring (bicyclic) bond motifs is 2. The Hall–Kier alpha value is -3.39. The van der Waals surface area contributed by atoms with Gasteiger partial charge in [0.2, 0.25) is 12.2 Å². The minimum absolute atomic E-state index is 0.193. The molecule has 1 amide bonds. The number of rotatable bonds is 4. The third kappa shape index (κ3) is 3.71. The Kier molecular flexibility index (Phi) is 5.30. The topological polar surface area (TPSA) is 78.1 Å². The number of hydrogen-bond acceptors (Lipinski definition) is 5. The number of amides is 1. The molecule has 3 aromatic rings. The van der Waals surface area contributed by atoms with Gasteiger partial charge in [-0.1, -0.05) is 0 Å². The van der Waals surface area contributed by atoms with Crippen LogP contribution in [0.25, 0.3) is 11.0 Å². The zero-order valence-electron chi connectivity index (χ0n) is 18.4. The number of nitrogens with zero attached hydrogens (tertiary/aromatic N) is 3. The van der Waals surface area contributed by atoms with Gasteiger partial charge >= 0.3 is 0 Å². The lowest BCUT2D eigenvalue weighted by Crippen LogP contribution is -3.13.